The normalized spacial score (nSPS) is 11.2. The van der Waals surface area contributed by atoms with Gasteiger partial charge in [-0.25, -0.2) is 0 Å². The highest BCUT2D eigenvalue weighted by atomic mass is 35.5. The summed E-state index contributed by atoms with van der Waals surface area (Å²) in [5.74, 6) is 0.553. The molecule has 5 heteroatoms. The first kappa shape index (κ1) is 13.9. The van der Waals surface area contributed by atoms with Gasteiger partial charge in [0.05, 0.1) is 4.92 Å². The van der Waals surface area contributed by atoms with Gasteiger partial charge in [0.25, 0.3) is 5.69 Å². The lowest BCUT2D eigenvalue weighted by Crippen LogP contribution is -2.22. The second-order valence-electron chi connectivity index (χ2n) is 4.62. The van der Waals surface area contributed by atoms with Crippen LogP contribution in [0.5, 0.6) is 0 Å². The topological polar surface area (TPSA) is 46.4 Å². The summed E-state index contributed by atoms with van der Waals surface area (Å²) in [5.41, 5.74) is 0.881. The molecule has 0 saturated carbocycles. The van der Waals surface area contributed by atoms with Crippen LogP contribution in [0, 0.1) is 16.0 Å². The summed E-state index contributed by atoms with van der Waals surface area (Å²) in [7, 11) is 1.98. The Hall–Kier alpha value is -1.13. The molecule has 0 aromatic heterocycles. The summed E-state index contributed by atoms with van der Waals surface area (Å²) in [6.07, 6.45) is 0. The van der Waals surface area contributed by atoms with E-state index >= 15 is 0 Å². The Kier molecular flexibility index (Phi) is 4.90. The van der Waals surface area contributed by atoms with Gasteiger partial charge in [-0.3, -0.25) is 10.1 Å². The van der Waals surface area contributed by atoms with Crippen LogP contribution >= 0.6 is 11.6 Å². The maximum absolute atomic E-state index is 10.7. The molecule has 0 saturated heterocycles. The molecule has 0 aliphatic rings. The van der Waals surface area contributed by atoms with Crippen LogP contribution in [0.2, 0.25) is 5.02 Å². The fraction of sp³-hybridized carbons (Fsp3) is 0.500. The van der Waals surface area contributed by atoms with Gasteiger partial charge in [0.1, 0.15) is 0 Å². The van der Waals surface area contributed by atoms with Crippen LogP contribution in [0.1, 0.15) is 19.4 Å². The number of nitrogens with zero attached hydrogens (tertiary/aromatic N) is 2. The largest absolute Gasteiger partial charge is 0.302 e. The van der Waals surface area contributed by atoms with Crippen molar-refractivity contribution in [3.05, 3.63) is 38.9 Å². The fourth-order valence-electron chi connectivity index (χ4n) is 1.77. The van der Waals surface area contributed by atoms with Gasteiger partial charge in [0, 0.05) is 30.2 Å². The van der Waals surface area contributed by atoms with Gasteiger partial charge in [-0.2, -0.15) is 0 Å². The lowest BCUT2D eigenvalue weighted by Gasteiger charge is -2.19. The third-order valence-electron chi connectivity index (χ3n) is 2.36. The van der Waals surface area contributed by atoms with Crippen molar-refractivity contribution in [3.8, 4) is 0 Å². The molecule has 0 unspecified atom stereocenters. The molecule has 0 aliphatic heterocycles. The monoisotopic (exact) mass is 256 g/mol. The predicted octanol–water partition coefficient (Wildman–Crippen LogP) is 3.34. The first-order chi connectivity index (χ1) is 7.90. The lowest BCUT2D eigenvalue weighted by molar-refractivity contribution is -0.384. The van der Waals surface area contributed by atoms with E-state index in [0.717, 1.165) is 12.1 Å². The van der Waals surface area contributed by atoms with E-state index in [-0.39, 0.29) is 5.69 Å². The SMILES string of the molecule is CC(C)CN(C)Cc1cc([N+](=O)[O-])ccc1Cl. The van der Waals surface area contributed by atoms with Crippen molar-refractivity contribution in [1.82, 2.24) is 4.90 Å². The molecule has 1 rings (SSSR count). The number of nitro groups is 1. The Labute approximate surface area is 106 Å². The maximum Gasteiger partial charge on any atom is 0.269 e. The summed E-state index contributed by atoms with van der Waals surface area (Å²) in [6.45, 7) is 5.81. The highest BCUT2D eigenvalue weighted by molar-refractivity contribution is 6.31. The molecule has 1 aromatic rings. The van der Waals surface area contributed by atoms with Crippen LogP contribution in [0.3, 0.4) is 0 Å². The average molecular weight is 257 g/mol. The Bertz CT molecular complexity index is 407. The molecule has 0 spiro atoms. The van der Waals surface area contributed by atoms with E-state index in [2.05, 4.69) is 18.7 Å². The van der Waals surface area contributed by atoms with Crippen molar-refractivity contribution in [2.75, 3.05) is 13.6 Å². The Morgan fingerprint density at radius 3 is 2.65 bits per heavy atom. The third kappa shape index (κ3) is 4.32. The zero-order valence-corrected chi connectivity index (χ0v) is 11.1. The number of rotatable bonds is 5. The van der Waals surface area contributed by atoms with Crippen molar-refractivity contribution in [2.24, 2.45) is 5.92 Å². The van der Waals surface area contributed by atoms with E-state index in [9.17, 15) is 10.1 Å². The van der Waals surface area contributed by atoms with E-state index in [1.807, 2.05) is 7.05 Å². The minimum Gasteiger partial charge on any atom is -0.302 e. The van der Waals surface area contributed by atoms with Gasteiger partial charge in [0.2, 0.25) is 0 Å². The van der Waals surface area contributed by atoms with Crippen LogP contribution in [0.15, 0.2) is 18.2 Å². The molecule has 4 nitrogen and oxygen atoms in total. The molecule has 0 heterocycles. The summed E-state index contributed by atoms with van der Waals surface area (Å²) in [6, 6.07) is 4.55. The zero-order chi connectivity index (χ0) is 13.0. The van der Waals surface area contributed by atoms with Crippen LogP contribution in [0.4, 0.5) is 5.69 Å². The summed E-state index contributed by atoms with van der Waals surface area (Å²) in [4.78, 5) is 12.4. The van der Waals surface area contributed by atoms with Gasteiger partial charge in [-0.15, -0.1) is 0 Å². The van der Waals surface area contributed by atoms with Gasteiger partial charge < -0.3 is 4.90 Å². The molecular formula is C12H17ClN2O2. The third-order valence-corrected chi connectivity index (χ3v) is 2.73. The smallest absolute Gasteiger partial charge is 0.269 e. The summed E-state index contributed by atoms with van der Waals surface area (Å²) >= 11 is 6.03. The highest BCUT2D eigenvalue weighted by Crippen LogP contribution is 2.23. The van der Waals surface area contributed by atoms with E-state index in [1.165, 1.54) is 6.07 Å². The second kappa shape index (κ2) is 5.98. The molecule has 0 fully saturated rings. The van der Waals surface area contributed by atoms with Gasteiger partial charge in [-0.05, 0) is 24.6 Å². The molecule has 17 heavy (non-hydrogen) atoms. The van der Waals surface area contributed by atoms with E-state index in [0.29, 0.717) is 17.5 Å². The van der Waals surface area contributed by atoms with Crippen molar-refractivity contribution in [3.63, 3.8) is 0 Å². The summed E-state index contributed by atoms with van der Waals surface area (Å²) in [5, 5.41) is 11.3. The van der Waals surface area contributed by atoms with Crippen molar-refractivity contribution >= 4 is 17.3 Å². The quantitative estimate of drug-likeness (QED) is 0.600. The average Bonchev–Trinajstić information content (AvgIpc) is 2.19. The minimum absolute atomic E-state index is 0.0855. The number of non-ortho nitro benzene ring substituents is 1. The molecule has 0 atom stereocenters. The minimum atomic E-state index is -0.401. The molecule has 94 valence electrons. The summed E-state index contributed by atoms with van der Waals surface area (Å²) < 4.78 is 0. The molecule has 0 amide bonds. The lowest BCUT2D eigenvalue weighted by atomic mass is 10.1. The first-order valence-corrected chi connectivity index (χ1v) is 5.89. The Morgan fingerprint density at radius 1 is 1.47 bits per heavy atom. The number of hydrogen-bond acceptors (Lipinski definition) is 3. The molecular weight excluding hydrogens is 240 g/mol. The fourth-order valence-corrected chi connectivity index (χ4v) is 1.95. The number of halogens is 1. The molecule has 0 radical (unpaired) electrons. The van der Waals surface area contributed by atoms with Crippen LogP contribution < -0.4 is 0 Å². The maximum atomic E-state index is 10.7. The highest BCUT2D eigenvalue weighted by Gasteiger charge is 2.11. The first-order valence-electron chi connectivity index (χ1n) is 5.51. The van der Waals surface area contributed by atoms with E-state index < -0.39 is 4.92 Å². The number of benzene rings is 1. The molecule has 0 aliphatic carbocycles. The Morgan fingerprint density at radius 2 is 2.12 bits per heavy atom. The van der Waals surface area contributed by atoms with Gasteiger partial charge in [-0.1, -0.05) is 25.4 Å². The standard InChI is InChI=1S/C12H17ClN2O2/c1-9(2)7-14(3)8-10-6-11(15(16)17)4-5-12(10)13/h4-6,9H,7-8H2,1-3H3. The zero-order valence-electron chi connectivity index (χ0n) is 10.3. The van der Waals surface area contributed by atoms with Crippen LogP contribution in [-0.4, -0.2) is 23.4 Å². The predicted molar refractivity (Wildman–Crippen MR) is 69.3 cm³/mol. The van der Waals surface area contributed by atoms with Gasteiger partial charge >= 0.3 is 0 Å². The molecule has 0 bridgehead atoms. The van der Waals surface area contributed by atoms with Crippen LogP contribution in [0.25, 0.3) is 0 Å². The number of hydrogen-bond donors (Lipinski definition) is 0. The number of nitro benzene ring substituents is 1. The van der Waals surface area contributed by atoms with Crippen molar-refractivity contribution in [1.29, 1.82) is 0 Å². The molecule has 0 N–H and O–H groups in total. The molecule has 1 aromatic carbocycles. The van der Waals surface area contributed by atoms with Crippen molar-refractivity contribution in [2.45, 2.75) is 20.4 Å². The van der Waals surface area contributed by atoms with Crippen molar-refractivity contribution < 1.29 is 4.92 Å². The van der Waals surface area contributed by atoms with E-state index in [1.54, 1.807) is 12.1 Å². The van der Waals surface area contributed by atoms with Crippen LogP contribution in [-0.2, 0) is 6.54 Å². The Balaban J connectivity index is 2.82. The second-order valence-corrected chi connectivity index (χ2v) is 5.03. The van der Waals surface area contributed by atoms with Gasteiger partial charge in [0.15, 0.2) is 0 Å². The van der Waals surface area contributed by atoms with E-state index in [4.69, 9.17) is 11.6 Å².